The van der Waals surface area contributed by atoms with Crippen LogP contribution < -0.4 is 10.6 Å². The summed E-state index contributed by atoms with van der Waals surface area (Å²) in [6.07, 6.45) is 6.01. The number of nitrogens with zero attached hydrogens (tertiary/aromatic N) is 3. The molecule has 10 heteroatoms. The topological polar surface area (TPSA) is 140 Å². The Balaban J connectivity index is 1.43. The normalized spacial score (nSPS) is 28.9. The molecule has 0 bridgehead atoms. The number of ether oxygens (including phenoxy) is 1. The minimum Gasteiger partial charge on any atom is -0.444 e. The molecule has 4 aliphatic rings. The van der Waals surface area contributed by atoms with Crippen LogP contribution in [0.15, 0.2) is 28.7 Å². The van der Waals surface area contributed by atoms with Crippen molar-refractivity contribution in [2.75, 3.05) is 42.7 Å². The average molecular weight is 567 g/mol. The molecule has 4 fully saturated rings. The SMILES string of the molecule is CC1(c2nc(-c3ccc(N4CCS(=O)(=O)CC4)cc3)c(C3CCCCC3(C(N)=O)C3(C#N)CC3)o2)CCOCC1. The second kappa shape index (κ2) is 9.88. The number of hydrogen-bond donors (Lipinski definition) is 1. The van der Waals surface area contributed by atoms with Gasteiger partial charge in [0, 0.05) is 48.9 Å². The Kier molecular flexibility index (Phi) is 6.74. The first-order chi connectivity index (χ1) is 19.1. The molecule has 214 valence electrons. The lowest BCUT2D eigenvalue weighted by molar-refractivity contribution is -0.135. The number of hydrogen-bond acceptors (Lipinski definition) is 8. The van der Waals surface area contributed by atoms with Crippen LogP contribution in [0.25, 0.3) is 11.3 Å². The molecule has 0 radical (unpaired) electrons. The summed E-state index contributed by atoms with van der Waals surface area (Å²) in [5.74, 6) is 0.897. The minimum atomic E-state index is -2.97. The number of nitriles is 1. The van der Waals surface area contributed by atoms with E-state index in [2.05, 4.69) is 17.9 Å². The predicted molar refractivity (Wildman–Crippen MR) is 150 cm³/mol. The summed E-state index contributed by atoms with van der Waals surface area (Å²) in [5, 5.41) is 10.3. The highest BCUT2D eigenvalue weighted by molar-refractivity contribution is 7.91. The maximum absolute atomic E-state index is 13.3. The van der Waals surface area contributed by atoms with Gasteiger partial charge in [-0.3, -0.25) is 4.79 Å². The van der Waals surface area contributed by atoms with E-state index in [0.717, 1.165) is 36.9 Å². The largest absolute Gasteiger partial charge is 0.444 e. The fraction of sp³-hybridized carbons (Fsp3) is 0.633. The Morgan fingerprint density at radius 3 is 2.35 bits per heavy atom. The van der Waals surface area contributed by atoms with Crippen molar-refractivity contribution in [1.82, 2.24) is 4.98 Å². The van der Waals surface area contributed by atoms with Crippen LogP contribution in [0.4, 0.5) is 5.69 Å². The summed E-state index contributed by atoms with van der Waals surface area (Å²) < 4.78 is 36.2. The van der Waals surface area contributed by atoms with Crippen molar-refractivity contribution in [3.05, 3.63) is 35.9 Å². The van der Waals surface area contributed by atoms with Crippen LogP contribution in [0.1, 0.15) is 75.9 Å². The summed E-state index contributed by atoms with van der Waals surface area (Å²) >= 11 is 0. The van der Waals surface area contributed by atoms with Gasteiger partial charge in [0.1, 0.15) is 11.5 Å². The van der Waals surface area contributed by atoms with E-state index in [0.29, 0.717) is 69.3 Å². The van der Waals surface area contributed by atoms with Crippen molar-refractivity contribution in [3.8, 4) is 17.3 Å². The lowest BCUT2D eigenvalue weighted by Crippen LogP contribution is -2.50. The molecule has 9 nitrogen and oxygen atoms in total. The van der Waals surface area contributed by atoms with Gasteiger partial charge in [-0.15, -0.1) is 0 Å². The Hall–Kier alpha value is -2.90. The van der Waals surface area contributed by atoms with Crippen molar-refractivity contribution in [3.63, 3.8) is 0 Å². The first kappa shape index (κ1) is 27.3. The fourth-order valence-electron chi connectivity index (χ4n) is 7.28. The van der Waals surface area contributed by atoms with E-state index >= 15 is 0 Å². The molecule has 0 spiro atoms. The molecule has 1 aromatic carbocycles. The highest BCUT2D eigenvalue weighted by Crippen LogP contribution is 2.68. The number of carbonyl (C=O) groups excluding carboxylic acids is 1. The molecule has 2 unspecified atom stereocenters. The van der Waals surface area contributed by atoms with Crippen LogP contribution in [0.2, 0.25) is 0 Å². The van der Waals surface area contributed by atoms with Gasteiger partial charge >= 0.3 is 0 Å². The Bertz CT molecular complexity index is 1420. The number of rotatable bonds is 6. The first-order valence-electron chi connectivity index (χ1n) is 14.5. The second-order valence-electron chi connectivity index (χ2n) is 12.4. The summed E-state index contributed by atoms with van der Waals surface area (Å²) in [6.45, 7) is 4.37. The van der Waals surface area contributed by atoms with E-state index in [1.54, 1.807) is 0 Å². The van der Waals surface area contributed by atoms with Gasteiger partial charge in [-0.2, -0.15) is 5.26 Å². The molecule has 40 heavy (non-hydrogen) atoms. The second-order valence-corrected chi connectivity index (χ2v) is 14.7. The van der Waals surface area contributed by atoms with Gasteiger partial charge in [-0.1, -0.05) is 31.9 Å². The average Bonchev–Trinajstić information content (AvgIpc) is 3.64. The summed E-state index contributed by atoms with van der Waals surface area (Å²) in [5.41, 5.74) is 6.72. The van der Waals surface area contributed by atoms with Crippen molar-refractivity contribution >= 4 is 21.4 Å². The number of sulfone groups is 1. The van der Waals surface area contributed by atoms with E-state index < -0.39 is 26.6 Å². The van der Waals surface area contributed by atoms with Gasteiger partial charge < -0.3 is 19.8 Å². The van der Waals surface area contributed by atoms with Gasteiger partial charge in [0.2, 0.25) is 11.8 Å². The molecule has 2 N–H and O–H groups in total. The van der Waals surface area contributed by atoms with Crippen LogP contribution in [0.3, 0.4) is 0 Å². The molecule has 1 aromatic heterocycles. The molecule has 2 atom stereocenters. The van der Waals surface area contributed by atoms with Gasteiger partial charge in [0.05, 0.1) is 28.4 Å². The van der Waals surface area contributed by atoms with Gasteiger partial charge in [-0.05, 0) is 50.7 Å². The molecule has 1 amide bonds. The highest BCUT2D eigenvalue weighted by atomic mass is 32.2. The van der Waals surface area contributed by atoms with Gasteiger partial charge in [-0.25, -0.2) is 13.4 Å². The van der Waals surface area contributed by atoms with Crippen molar-refractivity contribution in [1.29, 1.82) is 5.26 Å². The minimum absolute atomic E-state index is 0.158. The van der Waals surface area contributed by atoms with E-state index in [9.17, 15) is 18.5 Å². The van der Waals surface area contributed by atoms with E-state index in [1.807, 2.05) is 24.3 Å². The van der Waals surface area contributed by atoms with Crippen molar-refractivity contribution < 1.29 is 22.4 Å². The smallest absolute Gasteiger partial charge is 0.226 e. The molecule has 2 saturated carbocycles. The molecule has 2 aliphatic heterocycles. The molecule has 6 rings (SSSR count). The molecular formula is C30H38N4O5S. The molecular weight excluding hydrogens is 528 g/mol. The van der Waals surface area contributed by atoms with Crippen LogP contribution in [0, 0.1) is 22.2 Å². The predicted octanol–water partition coefficient (Wildman–Crippen LogP) is 4.08. The number of primary amides is 1. The third-order valence-electron chi connectivity index (χ3n) is 10.1. The Morgan fingerprint density at radius 1 is 1.07 bits per heavy atom. The van der Waals surface area contributed by atoms with E-state index in [4.69, 9.17) is 19.9 Å². The number of oxazole rings is 1. The summed E-state index contributed by atoms with van der Waals surface area (Å²) in [4.78, 5) is 20.5. The number of benzene rings is 1. The summed E-state index contributed by atoms with van der Waals surface area (Å²) in [7, 11) is -2.97. The molecule has 2 aliphatic carbocycles. The van der Waals surface area contributed by atoms with Crippen molar-refractivity contribution in [2.24, 2.45) is 16.6 Å². The maximum atomic E-state index is 13.3. The quantitative estimate of drug-likeness (QED) is 0.552. The van der Waals surface area contributed by atoms with Gasteiger partial charge in [0.15, 0.2) is 9.84 Å². The highest BCUT2D eigenvalue weighted by Gasteiger charge is 2.68. The summed E-state index contributed by atoms with van der Waals surface area (Å²) in [6, 6.07) is 10.5. The number of anilines is 1. The van der Waals surface area contributed by atoms with E-state index in [1.165, 1.54) is 0 Å². The van der Waals surface area contributed by atoms with Crippen LogP contribution in [0.5, 0.6) is 0 Å². The number of aromatic nitrogens is 1. The lowest BCUT2D eigenvalue weighted by atomic mass is 9.56. The monoisotopic (exact) mass is 566 g/mol. The lowest BCUT2D eigenvalue weighted by Gasteiger charge is -2.44. The molecule has 2 saturated heterocycles. The Labute approximate surface area is 236 Å². The van der Waals surface area contributed by atoms with Gasteiger partial charge in [0.25, 0.3) is 0 Å². The number of nitrogens with two attached hydrogens (primary N) is 1. The van der Waals surface area contributed by atoms with E-state index in [-0.39, 0.29) is 22.8 Å². The zero-order chi connectivity index (χ0) is 28.2. The zero-order valence-electron chi connectivity index (χ0n) is 23.2. The van der Waals surface area contributed by atoms with Crippen LogP contribution in [-0.2, 0) is 24.8 Å². The molecule has 3 heterocycles. The third kappa shape index (κ3) is 4.42. The maximum Gasteiger partial charge on any atom is 0.226 e. The number of amides is 1. The standard InChI is InChI=1S/C30H38N4O5S/c1-28(12-16-38-17-13-28)27-33-24(21-5-7-22(8-6-21)34-14-18-40(36,37)19-15-34)25(39-27)23-4-2-3-9-30(23,26(32)35)29(20-31)10-11-29/h5-8,23H,2-4,9-19H2,1H3,(H2,32,35). The zero-order valence-corrected chi connectivity index (χ0v) is 24.0. The fourth-order valence-corrected chi connectivity index (χ4v) is 8.48. The third-order valence-corrected chi connectivity index (χ3v) is 11.7. The van der Waals surface area contributed by atoms with Crippen molar-refractivity contribution in [2.45, 2.75) is 69.6 Å². The van der Waals surface area contributed by atoms with Crippen LogP contribution >= 0.6 is 0 Å². The first-order valence-corrected chi connectivity index (χ1v) is 16.3. The molecule has 2 aromatic rings. The Morgan fingerprint density at radius 2 is 1.75 bits per heavy atom. The van der Waals surface area contributed by atoms with Crippen LogP contribution in [-0.4, -0.2) is 57.1 Å². The number of carbonyl (C=O) groups is 1.